The zero-order valence-corrected chi connectivity index (χ0v) is 12.4. The van der Waals surface area contributed by atoms with E-state index in [1.807, 2.05) is 20.8 Å². The van der Waals surface area contributed by atoms with E-state index < -0.39 is 17.5 Å². The van der Waals surface area contributed by atoms with Crippen molar-refractivity contribution in [1.29, 1.82) is 0 Å². The highest BCUT2D eigenvalue weighted by Crippen LogP contribution is 2.28. The maximum atomic E-state index is 13.9. The molecule has 0 spiro atoms. The molecule has 1 aromatic rings. The van der Waals surface area contributed by atoms with Gasteiger partial charge in [-0.3, -0.25) is 0 Å². The van der Waals surface area contributed by atoms with Gasteiger partial charge in [0.1, 0.15) is 0 Å². The summed E-state index contributed by atoms with van der Waals surface area (Å²) in [5.41, 5.74) is -0.194. The second-order valence-electron chi connectivity index (χ2n) is 5.38. The molecule has 0 radical (unpaired) electrons. The Morgan fingerprint density at radius 1 is 1.20 bits per heavy atom. The molecule has 1 atom stereocenters. The number of methoxy groups -OCH3 is 1. The molecule has 0 heterocycles. The quantitative estimate of drug-likeness (QED) is 0.767. The van der Waals surface area contributed by atoms with Crippen molar-refractivity contribution in [3.05, 3.63) is 35.1 Å². The molecular weight excluding hydrogens is 267 g/mol. The van der Waals surface area contributed by atoms with E-state index in [0.29, 0.717) is 19.4 Å². The number of nitrogens with one attached hydrogen (secondary N) is 1. The summed E-state index contributed by atoms with van der Waals surface area (Å²) >= 11 is 0. The van der Waals surface area contributed by atoms with Crippen molar-refractivity contribution in [1.82, 2.24) is 5.32 Å². The summed E-state index contributed by atoms with van der Waals surface area (Å²) in [6.07, 6.45) is 1.23. The highest BCUT2D eigenvalue weighted by Gasteiger charge is 2.23. The molecule has 1 N–H and O–H groups in total. The predicted octanol–water partition coefficient (Wildman–Crippen LogP) is 3.96. The lowest BCUT2D eigenvalue weighted by Gasteiger charge is -2.26. The lowest BCUT2D eigenvalue weighted by molar-refractivity contribution is 0.0116. The van der Waals surface area contributed by atoms with E-state index in [9.17, 15) is 13.2 Å². The van der Waals surface area contributed by atoms with E-state index in [-0.39, 0.29) is 17.2 Å². The lowest BCUT2D eigenvalue weighted by Crippen LogP contribution is -2.28. The number of benzene rings is 1. The average molecular weight is 289 g/mol. The van der Waals surface area contributed by atoms with Gasteiger partial charge in [-0.05, 0) is 39.3 Å². The molecule has 20 heavy (non-hydrogen) atoms. The molecule has 5 heteroatoms. The van der Waals surface area contributed by atoms with Gasteiger partial charge in [-0.1, -0.05) is 13.0 Å². The maximum absolute atomic E-state index is 13.9. The van der Waals surface area contributed by atoms with E-state index in [4.69, 9.17) is 4.74 Å². The van der Waals surface area contributed by atoms with Gasteiger partial charge in [0.2, 0.25) is 0 Å². The normalized spacial score (nSPS) is 13.6. The number of ether oxygens (including phenoxy) is 1. The highest BCUT2D eigenvalue weighted by atomic mass is 19.2. The molecule has 1 rings (SSSR count). The summed E-state index contributed by atoms with van der Waals surface area (Å²) in [6, 6.07) is 1.88. The number of rotatable bonds is 7. The Balaban J connectivity index is 2.94. The molecule has 0 saturated heterocycles. The molecule has 0 amide bonds. The fraction of sp³-hybridized carbons (Fsp3) is 0.600. The molecule has 0 bridgehead atoms. The van der Waals surface area contributed by atoms with Crippen LogP contribution < -0.4 is 5.32 Å². The predicted molar refractivity (Wildman–Crippen MR) is 73.1 cm³/mol. The first kappa shape index (κ1) is 17.0. The van der Waals surface area contributed by atoms with Gasteiger partial charge >= 0.3 is 0 Å². The lowest BCUT2D eigenvalue weighted by atomic mass is 9.94. The van der Waals surface area contributed by atoms with Crippen molar-refractivity contribution >= 4 is 0 Å². The summed E-state index contributed by atoms with van der Waals surface area (Å²) in [5.74, 6) is -3.71. The van der Waals surface area contributed by atoms with Crippen LogP contribution in [0.5, 0.6) is 0 Å². The summed E-state index contributed by atoms with van der Waals surface area (Å²) in [7, 11) is 1.61. The third-order valence-corrected chi connectivity index (χ3v) is 3.48. The molecule has 2 nitrogen and oxygen atoms in total. The van der Waals surface area contributed by atoms with Crippen LogP contribution >= 0.6 is 0 Å². The van der Waals surface area contributed by atoms with E-state index >= 15 is 0 Å². The molecule has 0 saturated carbocycles. The summed E-state index contributed by atoms with van der Waals surface area (Å²) in [5, 5.41) is 3.10. The third-order valence-electron chi connectivity index (χ3n) is 3.48. The van der Waals surface area contributed by atoms with Crippen molar-refractivity contribution in [3.63, 3.8) is 0 Å². The zero-order valence-electron chi connectivity index (χ0n) is 12.4. The van der Waals surface area contributed by atoms with Crippen molar-refractivity contribution in [2.24, 2.45) is 0 Å². The van der Waals surface area contributed by atoms with Crippen LogP contribution in [0.3, 0.4) is 0 Å². The minimum absolute atomic E-state index is 0.151. The maximum Gasteiger partial charge on any atom is 0.194 e. The van der Waals surface area contributed by atoms with Gasteiger partial charge in [-0.25, -0.2) is 13.2 Å². The van der Waals surface area contributed by atoms with Crippen LogP contribution in [0.1, 0.15) is 45.2 Å². The molecule has 114 valence electrons. The van der Waals surface area contributed by atoms with Crippen molar-refractivity contribution < 1.29 is 17.9 Å². The molecule has 0 aliphatic heterocycles. The Kier molecular flexibility index (Phi) is 6.02. The van der Waals surface area contributed by atoms with Crippen LogP contribution in [0.4, 0.5) is 13.2 Å². The van der Waals surface area contributed by atoms with Crippen LogP contribution in [0.25, 0.3) is 0 Å². The Morgan fingerprint density at radius 2 is 1.85 bits per heavy atom. The van der Waals surface area contributed by atoms with Crippen LogP contribution in [0.15, 0.2) is 12.1 Å². The topological polar surface area (TPSA) is 21.3 Å². The van der Waals surface area contributed by atoms with E-state index in [0.717, 1.165) is 6.07 Å². The van der Waals surface area contributed by atoms with Gasteiger partial charge in [-0.15, -0.1) is 0 Å². The van der Waals surface area contributed by atoms with Gasteiger partial charge < -0.3 is 10.1 Å². The van der Waals surface area contributed by atoms with Gasteiger partial charge in [0, 0.05) is 18.7 Å². The van der Waals surface area contributed by atoms with Gasteiger partial charge in [0.25, 0.3) is 0 Å². The fourth-order valence-corrected chi connectivity index (χ4v) is 2.02. The van der Waals surface area contributed by atoms with Crippen LogP contribution in [-0.2, 0) is 4.74 Å². The summed E-state index contributed by atoms with van der Waals surface area (Å²) < 4.78 is 45.5. The highest BCUT2D eigenvalue weighted by molar-refractivity contribution is 5.23. The molecule has 0 aliphatic carbocycles. The minimum Gasteiger partial charge on any atom is -0.379 e. The third kappa shape index (κ3) is 4.21. The number of halogens is 3. The van der Waals surface area contributed by atoms with E-state index in [1.54, 1.807) is 7.11 Å². The van der Waals surface area contributed by atoms with Crippen molar-refractivity contribution in [2.75, 3.05) is 13.7 Å². The Bertz CT molecular complexity index is 449. The molecule has 1 unspecified atom stereocenters. The second kappa shape index (κ2) is 7.09. The van der Waals surface area contributed by atoms with Crippen molar-refractivity contribution in [2.45, 2.75) is 45.3 Å². The van der Waals surface area contributed by atoms with E-state index in [1.165, 1.54) is 6.07 Å². The molecule has 0 aromatic heterocycles. The Labute approximate surface area is 118 Å². The van der Waals surface area contributed by atoms with Gasteiger partial charge in [0.15, 0.2) is 17.5 Å². The standard InChI is InChI=1S/C15H22F3NO/c1-5-19-12(8-9-15(2,3)20-4)10-6-7-11(16)14(18)13(10)17/h6-7,12,19H,5,8-9H2,1-4H3. The van der Waals surface area contributed by atoms with Crippen molar-refractivity contribution in [3.8, 4) is 0 Å². The van der Waals surface area contributed by atoms with Gasteiger partial charge in [-0.2, -0.15) is 0 Å². The zero-order chi connectivity index (χ0) is 15.3. The van der Waals surface area contributed by atoms with Crippen LogP contribution in [-0.4, -0.2) is 19.3 Å². The molecular formula is C15H22F3NO. The number of hydrogen-bond acceptors (Lipinski definition) is 2. The first-order valence-electron chi connectivity index (χ1n) is 6.74. The van der Waals surface area contributed by atoms with E-state index in [2.05, 4.69) is 5.32 Å². The Hall–Kier alpha value is -1.07. The first-order valence-corrected chi connectivity index (χ1v) is 6.74. The molecule has 1 aromatic carbocycles. The van der Waals surface area contributed by atoms with Crippen LogP contribution in [0.2, 0.25) is 0 Å². The molecule has 0 aliphatic rings. The van der Waals surface area contributed by atoms with Crippen LogP contribution in [0, 0.1) is 17.5 Å². The minimum atomic E-state index is -1.42. The summed E-state index contributed by atoms with van der Waals surface area (Å²) in [4.78, 5) is 0. The fourth-order valence-electron chi connectivity index (χ4n) is 2.02. The van der Waals surface area contributed by atoms with Gasteiger partial charge in [0.05, 0.1) is 5.60 Å². The monoisotopic (exact) mass is 289 g/mol. The SMILES string of the molecule is CCNC(CCC(C)(C)OC)c1ccc(F)c(F)c1F. The average Bonchev–Trinajstić information content (AvgIpc) is 2.42. The second-order valence-corrected chi connectivity index (χ2v) is 5.38. The molecule has 0 fully saturated rings. The largest absolute Gasteiger partial charge is 0.379 e. The first-order chi connectivity index (χ1) is 9.32. The smallest absolute Gasteiger partial charge is 0.194 e. The number of hydrogen-bond donors (Lipinski definition) is 1. The summed E-state index contributed by atoms with van der Waals surface area (Å²) in [6.45, 7) is 6.35. The Morgan fingerprint density at radius 3 is 2.40 bits per heavy atom.